The second-order valence-corrected chi connectivity index (χ2v) is 9.80. The van der Waals surface area contributed by atoms with Crippen LogP contribution in [0.25, 0.3) is 16.8 Å². The number of halogens is 1. The number of carbonyl (C=O) groups excluding carboxylic acids is 1. The largest absolute Gasteiger partial charge is 0.378 e. The summed E-state index contributed by atoms with van der Waals surface area (Å²) in [5.41, 5.74) is 5.03. The fourth-order valence-electron chi connectivity index (χ4n) is 4.26. The van der Waals surface area contributed by atoms with Gasteiger partial charge < -0.3 is 19.4 Å². The molecule has 1 aliphatic rings. The molecule has 0 radical (unpaired) electrons. The van der Waals surface area contributed by atoms with Crippen molar-refractivity contribution < 1.29 is 13.9 Å². The molecule has 0 unspecified atom stereocenters. The number of rotatable bonds is 4. The van der Waals surface area contributed by atoms with Crippen LogP contribution in [-0.4, -0.2) is 51.4 Å². The van der Waals surface area contributed by atoms with E-state index >= 15 is 0 Å². The Labute approximate surface area is 203 Å². The normalized spacial score (nSPS) is 14.5. The number of aromatic nitrogens is 4. The van der Waals surface area contributed by atoms with Crippen LogP contribution in [0.2, 0.25) is 0 Å². The number of benzene rings is 1. The number of nitrogens with zero attached hydrogens (tertiary/aromatic N) is 5. The van der Waals surface area contributed by atoms with E-state index in [9.17, 15) is 9.18 Å². The summed E-state index contributed by atoms with van der Waals surface area (Å²) in [7, 11) is 0. The fraction of sp³-hybridized carbons (Fsp3) is 0.346. The summed E-state index contributed by atoms with van der Waals surface area (Å²) in [6.07, 6.45) is 7.20. The molecule has 1 fully saturated rings. The van der Waals surface area contributed by atoms with Crippen molar-refractivity contribution >= 4 is 22.9 Å². The minimum atomic E-state index is -0.787. The van der Waals surface area contributed by atoms with Crippen LogP contribution >= 0.6 is 0 Å². The SMILES string of the molecule is Cc1ccc(NC(=O)c2cn(C(C)(C)C)nc2F)cc1-c1cc(N2CCOCC2)c2nccn2c1. The molecule has 182 valence electrons. The molecule has 1 aromatic carbocycles. The third kappa shape index (κ3) is 4.51. The third-order valence-corrected chi connectivity index (χ3v) is 6.23. The number of morpholine rings is 1. The average molecular weight is 477 g/mol. The molecule has 4 heterocycles. The smallest absolute Gasteiger partial charge is 0.261 e. The molecule has 0 spiro atoms. The van der Waals surface area contributed by atoms with Crippen LogP contribution in [0.4, 0.5) is 15.8 Å². The van der Waals surface area contributed by atoms with Gasteiger partial charge in [0.05, 0.1) is 24.4 Å². The van der Waals surface area contributed by atoms with Crippen molar-refractivity contribution in [1.82, 2.24) is 19.2 Å². The van der Waals surface area contributed by atoms with E-state index in [1.165, 1.54) is 10.9 Å². The number of carbonyl (C=O) groups is 1. The highest BCUT2D eigenvalue weighted by molar-refractivity contribution is 6.04. The van der Waals surface area contributed by atoms with Crippen molar-refractivity contribution in [2.45, 2.75) is 33.2 Å². The van der Waals surface area contributed by atoms with E-state index in [-0.39, 0.29) is 5.56 Å². The van der Waals surface area contributed by atoms with Crippen molar-refractivity contribution in [1.29, 1.82) is 0 Å². The lowest BCUT2D eigenvalue weighted by atomic mass is 10.0. The number of hydrogen-bond donors (Lipinski definition) is 1. The molecule has 5 rings (SSSR count). The van der Waals surface area contributed by atoms with Crippen molar-refractivity contribution in [2.75, 3.05) is 36.5 Å². The van der Waals surface area contributed by atoms with Gasteiger partial charge in [0.2, 0.25) is 5.95 Å². The number of nitrogens with one attached hydrogen (secondary N) is 1. The Kier molecular flexibility index (Phi) is 5.80. The first-order chi connectivity index (χ1) is 16.7. The molecule has 1 N–H and O–H groups in total. The molecule has 0 bridgehead atoms. The van der Waals surface area contributed by atoms with Crippen LogP contribution in [0.5, 0.6) is 0 Å². The summed E-state index contributed by atoms with van der Waals surface area (Å²) in [5, 5.41) is 6.70. The van der Waals surface area contributed by atoms with Crippen LogP contribution in [0, 0.1) is 12.9 Å². The van der Waals surface area contributed by atoms with E-state index in [4.69, 9.17) is 4.74 Å². The quantitative estimate of drug-likeness (QED) is 0.470. The number of amides is 1. The molecule has 0 saturated carbocycles. The standard InChI is InChI=1S/C26H29FN6O2/c1-17-5-6-19(29-25(34)21-16-33(26(2,3)4)30-23(21)27)14-20(17)18-13-22(31-9-11-35-12-10-31)24-28-7-8-32(24)15-18/h5-8,13-16H,9-12H2,1-4H3,(H,29,34). The predicted molar refractivity (Wildman–Crippen MR) is 134 cm³/mol. The van der Waals surface area contributed by atoms with Gasteiger partial charge in [0.1, 0.15) is 5.56 Å². The Bertz CT molecular complexity index is 1390. The summed E-state index contributed by atoms with van der Waals surface area (Å²) >= 11 is 0. The number of pyridine rings is 1. The molecule has 9 heteroatoms. The topological polar surface area (TPSA) is 76.7 Å². The Hall–Kier alpha value is -3.72. The van der Waals surface area contributed by atoms with Gasteiger partial charge in [0.15, 0.2) is 5.65 Å². The molecule has 0 aliphatic carbocycles. The van der Waals surface area contributed by atoms with Gasteiger partial charge in [-0.3, -0.25) is 9.48 Å². The number of aryl methyl sites for hydroxylation is 1. The summed E-state index contributed by atoms with van der Waals surface area (Å²) in [4.78, 5) is 19.7. The Balaban J connectivity index is 1.48. The molecule has 3 aromatic heterocycles. The number of anilines is 2. The average Bonchev–Trinajstić information content (AvgIpc) is 3.46. The molecular formula is C26H29FN6O2. The maximum atomic E-state index is 14.4. The van der Waals surface area contributed by atoms with Crippen LogP contribution in [0.3, 0.4) is 0 Å². The van der Waals surface area contributed by atoms with E-state index < -0.39 is 17.4 Å². The summed E-state index contributed by atoms with van der Waals surface area (Å²) in [6, 6.07) is 7.82. The number of imidazole rings is 1. The van der Waals surface area contributed by atoms with E-state index in [0.29, 0.717) is 18.9 Å². The Morgan fingerprint density at radius 2 is 1.91 bits per heavy atom. The van der Waals surface area contributed by atoms with E-state index in [1.54, 1.807) is 6.20 Å². The maximum absolute atomic E-state index is 14.4. The Morgan fingerprint density at radius 3 is 2.63 bits per heavy atom. The molecule has 1 aliphatic heterocycles. The second kappa shape index (κ2) is 8.81. The van der Waals surface area contributed by atoms with Crippen molar-refractivity contribution in [3.05, 3.63) is 66.1 Å². The van der Waals surface area contributed by atoms with Gasteiger partial charge in [-0.15, -0.1) is 5.10 Å². The van der Waals surface area contributed by atoms with Crippen LogP contribution < -0.4 is 10.2 Å². The highest BCUT2D eigenvalue weighted by Crippen LogP contribution is 2.32. The van der Waals surface area contributed by atoms with Crippen LogP contribution in [-0.2, 0) is 10.3 Å². The lowest BCUT2D eigenvalue weighted by molar-refractivity contribution is 0.102. The minimum absolute atomic E-state index is 0.0866. The summed E-state index contributed by atoms with van der Waals surface area (Å²) in [6.45, 7) is 10.7. The lowest BCUT2D eigenvalue weighted by Gasteiger charge is -2.29. The molecule has 35 heavy (non-hydrogen) atoms. The van der Waals surface area contributed by atoms with Gasteiger partial charge in [-0.2, -0.15) is 4.39 Å². The van der Waals surface area contributed by atoms with Crippen molar-refractivity contribution in [3.8, 4) is 11.1 Å². The summed E-state index contributed by atoms with van der Waals surface area (Å²) < 4.78 is 23.4. The van der Waals surface area contributed by atoms with Crippen LogP contribution in [0.1, 0.15) is 36.7 Å². The predicted octanol–water partition coefficient (Wildman–Crippen LogP) is 4.49. The lowest BCUT2D eigenvalue weighted by Crippen LogP contribution is -2.36. The molecular weight excluding hydrogens is 447 g/mol. The zero-order valence-corrected chi connectivity index (χ0v) is 20.4. The van der Waals surface area contributed by atoms with Gasteiger partial charge in [0, 0.05) is 49.1 Å². The molecule has 4 aromatic rings. The second-order valence-electron chi connectivity index (χ2n) is 9.80. The first-order valence-corrected chi connectivity index (χ1v) is 11.7. The minimum Gasteiger partial charge on any atom is -0.378 e. The third-order valence-electron chi connectivity index (χ3n) is 6.23. The number of hydrogen-bond acceptors (Lipinski definition) is 5. The van der Waals surface area contributed by atoms with Crippen LogP contribution in [0.15, 0.2) is 49.1 Å². The first-order valence-electron chi connectivity index (χ1n) is 11.7. The highest BCUT2D eigenvalue weighted by Gasteiger charge is 2.23. The molecule has 1 saturated heterocycles. The first kappa shape index (κ1) is 23.0. The van der Waals surface area contributed by atoms with E-state index in [2.05, 4.69) is 26.4 Å². The Morgan fingerprint density at radius 1 is 1.14 bits per heavy atom. The molecule has 1 amide bonds. The van der Waals surface area contributed by atoms with Crippen molar-refractivity contribution in [3.63, 3.8) is 0 Å². The van der Waals surface area contributed by atoms with Gasteiger partial charge >= 0.3 is 0 Å². The molecule has 8 nitrogen and oxygen atoms in total. The maximum Gasteiger partial charge on any atom is 0.261 e. The van der Waals surface area contributed by atoms with E-state index in [1.807, 2.05) is 62.7 Å². The van der Waals surface area contributed by atoms with E-state index in [0.717, 1.165) is 41.1 Å². The monoisotopic (exact) mass is 476 g/mol. The van der Waals surface area contributed by atoms with Gasteiger partial charge in [-0.25, -0.2) is 4.98 Å². The highest BCUT2D eigenvalue weighted by atomic mass is 19.1. The zero-order valence-electron chi connectivity index (χ0n) is 20.4. The summed E-state index contributed by atoms with van der Waals surface area (Å²) in [5.74, 6) is -1.32. The van der Waals surface area contributed by atoms with Crippen molar-refractivity contribution in [2.24, 2.45) is 0 Å². The zero-order chi connectivity index (χ0) is 24.7. The molecule has 0 atom stereocenters. The van der Waals surface area contributed by atoms with Gasteiger partial charge in [-0.05, 0) is 57.0 Å². The number of fused-ring (bicyclic) bond motifs is 1. The van der Waals surface area contributed by atoms with Gasteiger partial charge in [-0.1, -0.05) is 6.07 Å². The van der Waals surface area contributed by atoms with Gasteiger partial charge in [0.25, 0.3) is 5.91 Å². The number of ether oxygens (including phenoxy) is 1. The fourth-order valence-corrected chi connectivity index (χ4v) is 4.26.